The normalized spacial score (nSPS) is 13.2. The number of ether oxygens (including phenoxy) is 1. The molecule has 0 saturated carbocycles. The van der Waals surface area contributed by atoms with Gasteiger partial charge in [-0.25, -0.2) is 18.4 Å². The molecule has 3 heterocycles. The number of fused-ring (bicyclic) bond motifs is 1. The second-order valence-electron chi connectivity index (χ2n) is 7.18. The number of halogens is 3. The SMILES string of the molecule is COc1cc(Nc2nc3n(n2)CCCN3c2ccc(F)c(F)c2)ccc1-n1cnc(Cl)c1. The van der Waals surface area contributed by atoms with Gasteiger partial charge in [0, 0.05) is 42.8 Å². The van der Waals surface area contributed by atoms with Crippen molar-refractivity contribution in [2.45, 2.75) is 13.0 Å². The van der Waals surface area contributed by atoms with E-state index in [1.165, 1.54) is 12.1 Å². The Morgan fingerprint density at radius 1 is 1.09 bits per heavy atom. The van der Waals surface area contributed by atoms with Gasteiger partial charge >= 0.3 is 0 Å². The molecule has 164 valence electrons. The van der Waals surface area contributed by atoms with Crippen molar-refractivity contribution in [3.05, 3.63) is 65.7 Å². The molecule has 8 nitrogen and oxygen atoms in total. The summed E-state index contributed by atoms with van der Waals surface area (Å²) in [5, 5.41) is 8.07. The van der Waals surface area contributed by atoms with E-state index in [2.05, 4.69) is 20.4 Å². The third kappa shape index (κ3) is 3.73. The molecular weight excluding hydrogens is 440 g/mol. The monoisotopic (exact) mass is 457 g/mol. The van der Waals surface area contributed by atoms with Gasteiger partial charge in [-0.1, -0.05) is 11.6 Å². The number of rotatable bonds is 5. The third-order valence-corrected chi connectivity index (χ3v) is 5.32. The van der Waals surface area contributed by atoms with E-state index in [-0.39, 0.29) is 0 Å². The lowest BCUT2D eigenvalue weighted by molar-refractivity contribution is 0.413. The van der Waals surface area contributed by atoms with Gasteiger partial charge in [0.15, 0.2) is 11.6 Å². The molecular formula is C21H18ClF2N7O. The Morgan fingerprint density at radius 3 is 2.72 bits per heavy atom. The van der Waals surface area contributed by atoms with Gasteiger partial charge in [0.2, 0.25) is 11.9 Å². The van der Waals surface area contributed by atoms with E-state index in [4.69, 9.17) is 16.3 Å². The summed E-state index contributed by atoms with van der Waals surface area (Å²) in [6.07, 6.45) is 4.08. The largest absolute Gasteiger partial charge is 0.494 e. The Labute approximate surface area is 187 Å². The van der Waals surface area contributed by atoms with Gasteiger partial charge < -0.3 is 19.5 Å². The highest BCUT2D eigenvalue weighted by Crippen LogP contribution is 2.32. The lowest BCUT2D eigenvalue weighted by Gasteiger charge is -2.27. The summed E-state index contributed by atoms with van der Waals surface area (Å²) in [5.74, 6) is -0.235. The average molecular weight is 458 g/mol. The van der Waals surface area contributed by atoms with Crippen LogP contribution in [0.1, 0.15) is 6.42 Å². The van der Waals surface area contributed by atoms with Crippen molar-refractivity contribution in [1.29, 1.82) is 0 Å². The molecule has 0 radical (unpaired) electrons. The van der Waals surface area contributed by atoms with Crippen LogP contribution in [0.3, 0.4) is 0 Å². The molecule has 0 aliphatic carbocycles. The molecule has 0 atom stereocenters. The number of nitrogens with zero attached hydrogens (tertiary/aromatic N) is 6. The van der Waals surface area contributed by atoms with Crippen molar-refractivity contribution < 1.29 is 13.5 Å². The summed E-state index contributed by atoms with van der Waals surface area (Å²) in [5.41, 5.74) is 2.02. The molecule has 0 bridgehead atoms. The molecule has 1 N–H and O–H groups in total. The smallest absolute Gasteiger partial charge is 0.248 e. The Balaban J connectivity index is 1.42. The maximum atomic E-state index is 13.7. The summed E-state index contributed by atoms with van der Waals surface area (Å²) in [6, 6.07) is 9.35. The highest BCUT2D eigenvalue weighted by atomic mass is 35.5. The minimum absolute atomic E-state index is 0.382. The number of anilines is 4. The maximum absolute atomic E-state index is 13.7. The quantitative estimate of drug-likeness (QED) is 0.468. The van der Waals surface area contributed by atoms with Gasteiger partial charge in [-0.3, -0.25) is 0 Å². The molecule has 0 amide bonds. The van der Waals surface area contributed by atoms with Gasteiger partial charge in [0.1, 0.15) is 17.2 Å². The molecule has 1 aliphatic heterocycles. The van der Waals surface area contributed by atoms with Crippen LogP contribution in [0.15, 0.2) is 48.9 Å². The summed E-state index contributed by atoms with van der Waals surface area (Å²) in [7, 11) is 1.58. The summed E-state index contributed by atoms with van der Waals surface area (Å²) in [4.78, 5) is 10.4. The Hall–Kier alpha value is -3.66. The van der Waals surface area contributed by atoms with Crippen LogP contribution in [-0.2, 0) is 6.54 Å². The number of aromatic nitrogens is 5. The lowest BCUT2D eigenvalue weighted by Crippen LogP contribution is -2.28. The molecule has 0 spiro atoms. The van der Waals surface area contributed by atoms with Crippen LogP contribution in [0.4, 0.5) is 32.1 Å². The Kier molecular flexibility index (Phi) is 5.14. The van der Waals surface area contributed by atoms with Crippen LogP contribution in [0.2, 0.25) is 5.15 Å². The number of imidazole rings is 1. The molecule has 32 heavy (non-hydrogen) atoms. The van der Waals surface area contributed by atoms with Crippen LogP contribution in [-0.4, -0.2) is 38.0 Å². The zero-order valence-electron chi connectivity index (χ0n) is 17.0. The number of nitrogens with one attached hydrogen (secondary N) is 1. The minimum atomic E-state index is -0.899. The molecule has 2 aromatic heterocycles. The minimum Gasteiger partial charge on any atom is -0.494 e. The zero-order chi connectivity index (χ0) is 22.2. The van der Waals surface area contributed by atoms with Crippen molar-refractivity contribution in [2.75, 3.05) is 23.9 Å². The predicted molar refractivity (Wildman–Crippen MR) is 116 cm³/mol. The van der Waals surface area contributed by atoms with Gasteiger partial charge in [0.05, 0.1) is 12.8 Å². The fourth-order valence-electron chi connectivity index (χ4n) is 3.64. The second kappa shape index (κ2) is 8.12. The first kappa shape index (κ1) is 20.3. The average Bonchev–Trinajstić information content (AvgIpc) is 3.41. The zero-order valence-corrected chi connectivity index (χ0v) is 17.7. The van der Waals surface area contributed by atoms with E-state index in [9.17, 15) is 8.78 Å². The molecule has 1 aliphatic rings. The fourth-order valence-corrected chi connectivity index (χ4v) is 3.79. The number of methoxy groups -OCH3 is 1. The third-order valence-electron chi connectivity index (χ3n) is 5.13. The number of hydrogen-bond donors (Lipinski definition) is 1. The molecule has 0 saturated heterocycles. The first-order valence-corrected chi connectivity index (χ1v) is 10.2. The molecule has 2 aromatic carbocycles. The van der Waals surface area contributed by atoms with Crippen molar-refractivity contribution in [3.8, 4) is 11.4 Å². The Morgan fingerprint density at radius 2 is 1.97 bits per heavy atom. The standard InChI is InChI=1S/C21H18ClF2N7O/c1-32-18-9-13(3-6-17(18)29-11-19(22)25-12-29)26-20-27-21-30(7-2-8-31(21)28-20)14-4-5-15(23)16(24)10-14/h3-6,9-12H,2,7-8H2,1H3,(H,26,28). The van der Waals surface area contributed by atoms with Crippen LogP contribution in [0.5, 0.6) is 5.75 Å². The van der Waals surface area contributed by atoms with Gasteiger partial charge in [-0.15, -0.1) is 5.10 Å². The van der Waals surface area contributed by atoms with Crippen LogP contribution in [0, 0.1) is 11.6 Å². The lowest BCUT2D eigenvalue weighted by atomic mass is 10.2. The van der Waals surface area contributed by atoms with Crippen LogP contribution >= 0.6 is 11.6 Å². The molecule has 0 fully saturated rings. The molecule has 11 heteroatoms. The maximum Gasteiger partial charge on any atom is 0.248 e. The van der Waals surface area contributed by atoms with Gasteiger partial charge in [-0.2, -0.15) is 4.98 Å². The Bertz CT molecular complexity index is 1290. The van der Waals surface area contributed by atoms with Crippen LogP contribution < -0.4 is 15.0 Å². The van der Waals surface area contributed by atoms with E-state index < -0.39 is 11.6 Å². The molecule has 5 rings (SSSR count). The van der Waals surface area contributed by atoms with Crippen LogP contribution in [0.25, 0.3) is 5.69 Å². The van der Waals surface area contributed by atoms with Gasteiger partial charge in [0.25, 0.3) is 0 Å². The van der Waals surface area contributed by atoms with E-state index in [0.29, 0.717) is 41.6 Å². The number of aryl methyl sites for hydroxylation is 1. The highest BCUT2D eigenvalue weighted by molar-refractivity contribution is 6.29. The van der Waals surface area contributed by atoms with Crippen molar-refractivity contribution >= 4 is 34.9 Å². The van der Waals surface area contributed by atoms with Crippen molar-refractivity contribution in [2.24, 2.45) is 0 Å². The topological polar surface area (TPSA) is 73.0 Å². The highest BCUT2D eigenvalue weighted by Gasteiger charge is 2.23. The van der Waals surface area contributed by atoms with E-state index in [0.717, 1.165) is 23.9 Å². The second-order valence-corrected chi connectivity index (χ2v) is 7.56. The molecule has 0 unspecified atom stereocenters. The van der Waals surface area contributed by atoms with E-state index in [1.54, 1.807) is 28.9 Å². The fraction of sp³-hybridized carbons (Fsp3) is 0.190. The first-order valence-electron chi connectivity index (χ1n) is 9.84. The van der Waals surface area contributed by atoms with Crippen molar-refractivity contribution in [1.82, 2.24) is 24.3 Å². The number of hydrogen-bond acceptors (Lipinski definition) is 6. The number of benzene rings is 2. The van der Waals surface area contributed by atoms with E-state index in [1.807, 2.05) is 23.1 Å². The van der Waals surface area contributed by atoms with Gasteiger partial charge in [-0.05, 0) is 30.7 Å². The molecule has 4 aromatic rings. The summed E-state index contributed by atoms with van der Waals surface area (Å²) in [6.45, 7) is 1.30. The summed E-state index contributed by atoms with van der Waals surface area (Å²) >= 11 is 5.92. The summed E-state index contributed by atoms with van der Waals surface area (Å²) < 4.78 is 36.1. The first-order chi connectivity index (χ1) is 15.5. The van der Waals surface area contributed by atoms with E-state index >= 15 is 0 Å². The van der Waals surface area contributed by atoms with Crippen molar-refractivity contribution in [3.63, 3.8) is 0 Å². The predicted octanol–water partition coefficient (Wildman–Crippen LogP) is 4.69.